The fourth-order valence-electron chi connectivity index (χ4n) is 2.53. The minimum absolute atomic E-state index is 0.0817. The van der Waals surface area contributed by atoms with Gasteiger partial charge in [-0.25, -0.2) is 4.79 Å². The first kappa shape index (κ1) is 22.0. The van der Waals surface area contributed by atoms with Crippen LogP contribution in [0.3, 0.4) is 0 Å². The van der Waals surface area contributed by atoms with Crippen molar-refractivity contribution in [3.63, 3.8) is 0 Å². The van der Waals surface area contributed by atoms with E-state index in [9.17, 15) is 37.7 Å². The van der Waals surface area contributed by atoms with Crippen LogP contribution in [0.2, 0.25) is 0 Å². The van der Waals surface area contributed by atoms with Crippen LogP contribution in [0.15, 0.2) is 46.4 Å². The highest BCUT2D eigenvalue weighted by Crippen LogP contribution is 2.39. The van der Waals surface area contributed by atoms with Crippen LogP contribution in [0, 0.1) is 10.1 Å². The maximum atomic E-state index is 12.9. The van der Waals surface area contributed by atoms with Gasteiger partial charge in [-0.15, -0.1) is 0 Å². The van der Waals surface area contributed by atoms with Crippen molar-refractivity contribution in [2.45, 2.75) is 6.18 Å². The average Bonchev–Trinajstić information content (AvgIpc) is 2.65. The number of rotatable bonds is 4. The Balaban J connectivity index is 2.05. The van der Waals surface area contributed by atoms with Crippen molar-refractivity contribution in [3.8, 4) is 11.5 Å². The molecule has 3 rings (SSSR count). The van der Waals surface area contributed by atoms with Crippen molar-refractivity contribution in [1.29, 1.82) is 0 Å². The Morgan fingerprint density at radius 1 is 1.00 bits per heavy atom. The molecule has 4 amide bonds. The van der Waals surface area contributed by atoms with Crippen molar-refractivity contribution >= 4 is 45.5 Å². The number of nitro benzene ring substituents is 1. The van der Waals surface area contributed by atoms with Gasteiger partial charge in [0.25, 0.3) is 11.8 Å². The van der Waals surface area contributed by atoms with Crippen molar-refractivity contribution in [1.82, 2.24) is 10.6 Å². The molecular weight excluding hydrogens is 491 g/mol. The number of carbonyl (C=O) groups excluding carboxylic acids is 3. The van der Waals surface area contributed by atoms with Gasteiger partial charge in [0.15, 0.2) is 0 Å². The summed E-state index contributed by atoms with van der Waals surface area (Å²) >= 11 is 3.18. The summed E-state index contributed by atoms with van der Waals surface area (Å²) in [6, 6.07) is 4.93. The number of carbonyl (C=O) groups is 3. The average molecular weight is 500 g/mol. The number of benzene rings is 2. The smallest absolute Gasteiger partial charge is 0.416 e. The lowest BCUT2D eigenvalue weighted by molar-refractivity contribution is -0.385. The molecule has 0 bridgehead atoms. The molecule has 2 aromatic carbocycles. The van der Waals surface area contributed by atoms with E-state index in [2.05, 4.69) is 15.9 Å². The lowest BCUT2D eigenvalue weighted by atomic mass is 10.1. The van der Waals surface area contributed by atoms with E-state index in [1.54, 1.807) is 0 Å². The lowest BCUT2D eigenvalue weighted by Gasteiger charge is -2.15. The molecule has 1 fully saturated rings. The minimum Gasteiger partial charge on any atom is -0.449 e. The van der Waals surface area contributed by atoms with Gasteiger partial charge in [-0.2, -0.15) is 13.2 Å². The Hall–Kier alpha value is -3.74. The molecule has 0 aromatic heterocycles. The Bertz CT molecular complexity index is 1140. The van der Waals surface area contributed by atoms with Gasteiger partial charge in [0.1, 0.15) is 11.3 Å². The zero-order valence-corrected chi connectivity index (χ0v) is 16.5. The third-order valence-electron chi connectivity index (χ3n) is 3.92. The van der Waals surface area contributed by atoms with Crippen molar-refractivity contribution in [3.05, 3.63) is 67.7 Å². The van der Waals surface area contributed by atoms with E-state index in [4.69, 9.17) is 4.74 Å². The number of barbiturate groups is 1. The first-order valence-electron chi connectivity index (χ1n) is 8.17. The molecule has 1 aliphatic rings. The fraction of sp³-hybridized carbons (Fsp3) is 0.0556. The number of nitrogens with one attached hydrogen (secondary N) is 2. The lowest BCUT2D eigenvalue weighted by Crippen LogP contribution is -2.51. The largest absolute Gasteiger partial charge is 0.449 e. The second kappa shape index (κ2) is 8.18. The predicted molar refractivity (Wildman–Crippen MR) is 102 cm³/mol. The molecule has 1 aliphatic heterocycles. The number of hydrogen-bond donors (Lipinski definition) is 2. The van der Waals surface area contributed by atoms with E-state index >= 15 is 0 Å². The van der Waals surface area contributed by atoms with Crippen LogP contribution in [0.4, 0.5) is 23.7 Å². The molecule has 1 heterocycles. The number of alkyl halides is 3. The summed E-state index contributed by atoms with van der Waals surface area (Å²) in [7, 11) is 0. The fourth-order valence-corrected chi connectivity index (χ4v) is 2.91. The maximum Gasteiger partial charge on any atom is 0.416 e. The Morgan fingerprint density at radius 2 is 1.61 bits per heavy atom. The first-order chi connectivity index (χ1) is 14.5. The van der Waals surface area contributed by atoms with Gasteiger partial charge < -0.3 is 4.74 Å². The van der Waals surface area contributed by atoms with Crippen LogP contribution in [0.1, 0.15) is 11.1 Å². The highest BCUT2D eigenvalue weighted by molar-refractivity contribution is 9.10. The Morgan fingerprint density at radius 3 is 2.19 bits per heavy atom. The van der Waals surface area contributed by atoms with E-state index in [0.29, 0.717) is 16.6 Å². The second-order valence-electron chi connectivity index (χ2n) is 6.02. The number of halogens is 4. The molecule has 0 spiro atoms. The monoisotopic (exact) mass is 499 g/mol. The van der Waals surface area contributed by atoms with Crippen LogP contribution in [-0.4, -0.2) is 22.8 Å². The van der Waals surface area contributed by atoms with Crippen LogP contribution in [0.25, 0.3) is 6.08 Å². The Kier molecular flexibility index (Phi) is 5.79. The zero-order valence-electron chi connectivity index (χ0n) is 15.0. The molecule has 31 heavy (non-hydrogen) atoms. The summed E-state index contributed by atoms with van der Waals surface area (Å²) in [5, 5.41) is 15.0. The van der Waals surface area contributed by atoms with Gasteiger partial charge in [0.2, 0.25) is 5.75 Å². The number of amides is 4. The summed E-state index contributed by atoms with van der Waals surface area (Å²) < 4.78 is 44.6. The minimum atomic E-state index is -4.80. The molecule has 1 saturated heterocycles. The summed E-state index contributed by atoms with van der Waals surface area (Å²) in [5.74, 6) is -2.57. The van der Waals surface area contributed by atoms with E-state index in [1.807, 2.05) is 10.6 Å². The predicted octanol–water partition coefficient (Wildman–Crippen LogP) is 3.92. The zero-order chi connectivity index (χ0) is 22.9. The van der Waals surface area contributed by atoms with Crippen molar-refractivity contribution < 1.29 is 37.2 Å². The second-order valence-corrected chi connectivity index (χ2v) is 6.93. The molecule has 2 aromatic rings. The number of ether oxygens (including phenoxy) is 1. The van der Waals surface area contributed by atoms with Crippen LogP contribution < -0.4 is 15.4 Å². The van der Waals surface area contributed by atoms with Crippen LogP contribution >= 0.6 is 15.9 Å². The van der Waals surface area contributed by atoms with Gasteiger partial charge in [-0.3, -0.25) is 30.3 Å². The number of urea groups is 1. The number of nitrogens with zero attached hydrogens (tertiary/aromatic N) is 1. The molecule has 0 aliphatic carbocycles. The van der Waals surface area contributed by atoms with Gasteiger partial charge in [0.05, 0.1) is 10.5 Å². The number of hydrogen-bond acceptors (Lipinski definition) is 6. The summed E-state index contributed by atoms with van der Waals surface area (Å²) in [5.41, 5.74) is -2.54. The van der Waals surface area contributed by atoms with Crippen LogP contribution in [-0.2, 0) is 15.8 Å². The highest BCUT2D eigenvalue weighted by Gasteiger charge is 2.34. The summed E-state index contributed by atoms with van der Waals surface area (Å²) in [4.78, 5) is 45.3. The normalized spacial score (nSPS) is 14.1. The third-order valence-corrected chi connectivity index (χ3v) is 4.41. The summed E-state index contributed by atoms with van der Waals surface area (Å²) in [6.07, 6.45) is -3.73. The number of imide groups is 2. The molecule has 2 N–H and O–H groups in total. The summed E-state index contributed by atoms with van der Waals surface area (Å²) in [6.45, 7) is 0. The number of nitro groups is 1. The van der Waals surface area contributed by atoms with E-state index in [-0.39, 0.29) is 11.3 Å². The van der Waals surface area contributed by atoms with Gasteiger partial charge in [-0.1, -0.05) is 15.9 Å². The molecule has 160 valence electrons. The molecular formula is C18H9BrF3N3O6. The standard InChI is InChI=1S/C18H9BrF3N3O6/c19-10-2-4-13(8(5-10)6-11-15(26)23-17(28)24-16(11)27)31-14-3-1-9(18(20,21)22)7-12(14)25(29)30/h1-7H,(H2,23,24,26,27,28). The van der Waals surface area contributed by atoms with Gasteiger partial charge >= 0.3 is 17.9 Å². The molecule has 0 saturated carbocycles. The van der Waals surface area contributed by atoms with E-state index < -0.39 is 51.5 Å². The third kappa shape index (κ3) is 4.88. The maximum absolute atomic E-state index is 12.9. The first-order valence-corrected chi connectivity index (χ1v) is 8.96. The van der Waals surface area contributed by atoms with Crippen LogP contribution in [0.5, 0.6) is 11.5 Å². The quantitative estimate of drug-likeness (QED) is 0.284. The molecule has 9 nitrogen and oxygen atoms in total. The van der Waals surface area contributed by atoms with E-state index in [0.717, 1.165) is 12.1 Å². The Labute approximate surface area is 179 Å². The molecule has 13 heteroatoms. The van der Waals surface area contributed by atoms with E-state index in [1.165, 1.54) is 18.2 Å². The SMILES string of the molecule is O=C1NC(=O)C(=Cc2cc(Br)ccc2Oc2ccc(C(F)(F)F)cc2[N+](=O)[O-])C(=O)N1. The highest BCUT2D eigenvalue weighted by atomic mass is 79.9. The van der Waals surface area contributed by atoms with Gasteiger partial charge in [0, 0.05) is 16.1 Å². The topological polar surface area (TPSA) is 128 Å². The van der Waals surface area contributed by atoms with Crippen molar-refractivity contribution in [2.75, 3.05) is 0 Å². The molecule has 0 unspecified atom stereocenters. The molecule has 0 atom stereocenters. The van der Waals surface area contributed by atoms with Gasteiger partial charge in [-0.05, 0) is 36.4 Å². The van der Waals surface area contributed by atoms with Crippen molar-refractivity contribution in [2.24, 2.45) is 0 Å². The molecule has 0 radical (unpaired) electrons.